The zero-order chi connectivity index (χ0) is 19.5. The van der Waals surface area contributed by atoms with Crippen molar-refractivity contribution in [1.82, 2.24) is 14.9 Å². The Morgan fingerprint density at radius 2 is 1.89 bits per heavy atom. The summed E-state index contributed by atoms with van der Waals surface area (Å²) in [5, 5.41) is 0. The van der Waals surface area contributed by atoms with Gasteiger partial charge in [0.05, 0.1) is 11.4 Å². The van der Waals surface area contributed by atoms with Crippen molar-refractivity contribution in [3.05, 3.63) is 83.6 Å². The number of aryl methyl sites for hydroxylation is 1. The van der Waals surface area contributed by atoms with Crippen molar-refractivity contribution in [3.63, 3.8) is 0 Å². The maximum absolute atomic E-state index is 13.2. The Kier molecular flexibility index (Phi) is 5.15. The Morgan fingerprint density at radius 3 is 2.68 bits per heavy atom. The predicted molar refractivity (Wildman–Crippen MR) is 106 cm³/mol. The monoisotopic (exact) mass is 375 g/mol. The number of rotatable bonds is 3. The van der Waals surface area contributed by atoms with Gasteiger partial charge in [-0.05, 0) is 50.1 Å². The minimum Gasteiger partial charge on any atom is -0.338 e. The van der Waals surface area contributed by atoms with E-state index >= 15 is 0 Å². The number of benzene rings is 2. The first kappa shape index (κ1) is 18.3. The molecule has 0 unspecified atom stereocenters. The smallest absolute Gasteiger partial charge is 0.253 e. The second-order valence-corrected chi connectivity index (χ2v) is 7.26. The summed E-state index contributed by atoms with van der Waals surface area (Å²) in [4.78, 5) is 23.9. The molecule has 1 aliphatic rings. The molecule has 1 aliphatic heterocycles. The summed E-state index contributed by atoms with van der Waals surface area (Å²) in [6.45, 7) is 3.35. The highest BCUT2D eigenvalue weighted by molar-refractivity contribution is 5.94. The van der Waals surface area contributed by atoms with Crippen molar-refractivity contribution in [2.75, 3.05) is 13.1 Å². The molecule has 4 rings (SSSR count). The van der Waals surface area contributed by atoms with Gasteiger partial charge in [-0.25, -0.2) is 4.39 Å². The molecule has 0 aliphatic carbocycles. The fourth-order valence-electron chi connectivity index (χ4n) is 3.82. The Hall–Kier alpha value is -3.08. The molecular formula is C23H22FN3O. The SMILES string of the molecule is Cc1cccc(-c2nccnc2[C@@H]2CCCN(C(=O)c3ccc(F)cc3)C2)c1. The average Bonchev–Trinajstić information content (AvgIpc) is 2.74. The largest absolute Gasteiger partial charge is 0.338 e. The topological polar surface area (TPSA) is 46.1 Å². The van der Waals surface area contributed by atoms with Gasteiger partial charge in [0.2, 0.25) is 0 Å². The summed E-state index contributed by atoms with van der Waals surface area (Å²) in [7, 11) is 0. The van der Waals surface area contributed by atoms with Crippen molar-refractivity contribution >= 4 is 5.91 Å². The number of carbonyl (C=O) groups is 1. The van der Waals surface area contributed by atoms with Crippen LogP contribution in [0.25, 0.3) is 11.3 Å². The van der Waals surface area contributed by atoms with Crippen LogP contribution in [0.2, 0.25) is 0 Å². The van der Waals surface area contributed by atoms with Crippen LogP contribution in [-0.2, 0) is 0 Å². The van der Waals surface area contributed by atoms with E-state index in [-0.39, 0.29) is 17.6 Å². The highest BCUT2D eigenvalue weighted by atomic mass is 19.1. The molecule has 1 amide bonds. The second-order valence-electron chi connectivity index (χ2n) is 7.26. The highest BCUT2D eigenvalue weighted by Crippen LogP contribution is 2.32. The number of amides is 1. The van der Waals surface area contributed by atoms with Gasteiger partial charge in [-0.3, -0.25) is 14.8 Å². The molecule has 3 aromatic rings. The summed E-state index contributed by atoms with van der Waals surface area (Å²) in [5.41, 5.74) is 4.55. The van der Waals surface area contributed by atoms with Crippen LogP contribution < -0.4 is 0 Å². The Bertz CT molecular complexity index is 987. The maximum Gasteiger partial charge on any atom is 0.253 e. The molecule has 1 atom stereocenters. The normalized spacial score (nSPS) is 16.8. The molecule has 1 fully saturated rings. The first-order valence-corrected chi connectivity index (χ1v) is 9.54. The third-order valence-electron chi connectivity index (χ3n) is 5.20. The van der Waals surface area contributed by atoms with Crippen LogP contribution in [0.3, 0.4) is 0 Å². The summed E-state index contributed by atoms with van der Waals surface area (Å²) in [6.07, 6.45) is 5.30. The predicted octanol–water partition coefficient (Wildman–Crippen LogP) is 4.61. The molecule has 4 nitrogen and oxygen atoms in total. The molecule has 0 saturated carbocycles. The third-order valence-corrected chi connectivity index (χ3v) is 5.20. The van der Waals surface area contributed by atoms with Gasteiger partial charge < -0.3 is 4.90 Å². The lowest BCUT2D eigenvalue weighted by Crippen LogP contribution is -2.39. The third kappa shape index (κ3) is 3.79. The van der Waals surface area contributed by atoms with Gasteiger partial charge in [-0.2, -0.15) is 0 Å². The first-order chi connectivity index (χ1) is 13.6. The number of nitrogens with zero attached hydrogens (tertiary/aromatic N) is 3. The van der Waals surface area contributed by atoms with Crippen molar-refractivity contribution in [3.8, 4) is 11.3 Å². The number of halogens is 1. The van der Waals surface area contributed by atoms with E-state index in [0.29, 0.717) is 18.7 Å². The standard InChI is InChI=1S/C23H22FN3O/c1-16-4-2-5-18(14-16)21-22(26-12-11-25-21)19-6-3-13-27(15-19)23(28)17-7-9-20(24)10-8-17/h2,4-5,7-12,14,19H,3,6,13,15H2,1H3/t19-/m1/s1. The number of carbonyl (C=O) groups excluding carboxylic acids is 1. The molecule has 2 heterocycles. The second kappa shape index (κ2) is 7.89. The van der Waals surface area contributed by atoms with Gasteiger partial charge in [0, 0.05) is 42.5 Å². The van der Waals surface area contributed by atoms with E-state index in [1.807, 2.05) is 17.0 Å². The number of likely N-dealkylation sites (tertiary alicyclic amines) is 1. The van der Waals surface area contributed by atoms with Crippen LogP contribution in [0.5, 0.6) is 0 Å². The molecular weight excluding hydrogens is 353 g/mol. The van der Waals surface area contributed by atoms with Crippen molar-refractivity contribution in [2.45, 2.75) is 25.7 Å². The maximum atomic E-state index is 13.2. The highest BCUT2D eigenvalue weighted by Gasteiger charge is 2.28. The summed E-state index contributed by atoms with van der Waals surface area (Å²) >= 11 is 0. The van der Waals surface area contributed by atoms with Gasteiger partial charge in [-0.1, -0.05) is 23.8 Å². The molecule has 0 radical (unpaired) electrons. The van der Waals surface area contributed by atoms with Crippen LogP contribution in [0.1, 0.15) is 40.4 Å². The van der Waals surface area contributed by atoms with E-state index in [0.717, 1.165) is 29.8 Å². The minimum atomic E-state index is -0.338. The van der Waals surface area contributed by atoms with E-state index in [4.69, 9.17) is 0 Å². The summed E-state index contributed by atoms with van der Waals surface area (Å²) < 4.78 is 13.2. The number of hydrogen-bond acceptors (Lipinski definition) is 3. The molecule has 1 saturated heterocycles. The lowest BCUT2D eigenvalue weighted by molar-refractivity contribution is 0.0706. The number of piperidine rings is 1. The zero-order valence-electron chi connectivity index (χ0n) is 15.8. The molecule has 5 heteroatoms. The van der Waals surface area contributed by atoms with Gasteiger partial charge in [0.15, 0.2) is 0 Å². The van der Waals surface area contributed by atoms with E-state index in [9.17, 15) is 9.18 Å². The van der Waals surface area contributed by atoms with Crippen LogP contribution in [0, 0.1) is 12.7 Å². The van der Waals surface area contributed by atoms with Crippen molar-refractivity contribution in [1.29, 1.82) is 0 Å². The van der Waals surface area contributed by atoms with Crippen molar-refractivity contribution in [2.24, 2.45) is 0 Å². The van der Waals surface area contributed by atoms with Crippen molar-refractivity contribution < 1.29 is 9.18 Å². The van der Waals surface area contributed by atoms with Crippen LogP contribution >= 0.6 is 0 Å². The lowest BCUT2D eigenvalue weighted by atomic mass is 9.91. The molecule has 0 spiro atoms. The summed E-state index contributed by atoms with van der Waals surface area (Å²) in [6, 6.07) is 14.0. The Labute approximate surface area is 164 Å². The zero-order valence-corrected chi connectivity index (χ0v) is 15.8. The van der Waals surface area contributed by atoms with Gasteiger partial charge in [0.1, 0.15) is 5.82 Å². The minimum absolute atomic E-state index is 0.0642. The van der Waals surface area contributed by atoms with Gasteiger partial charge in [0.25, 0.3) is 5.91 Å². The molecule has 142 valence electrons. The molecule has 0 N–H and O–H groups in total. The Balaban J connectivity index is 1.60. The fraction of sp³-hybridized carbons (Fsp3) is 0.261. The lowest BCUT2D eigenvalue weighted by Gasteiger charge is -2.33. The van der Waals surface area contributed by atoms with Crippen LogP contribution in [0.15, 0.2) is 60.9 Å². The molecule has 28 heavy (non-hydrogen) atoms. The van der Waals surface area contributed by atoms with Crippen LogP contribution in [0.4, 0.5) is 4.39 Å². The van der Waals surface area contributed by atoms with E-state index < -0.39 is 0 Å². The van der Waals surface area contributed by atoms with Gasteiger partial charge in [-0.15, -0.1) is 0 Å². The number of aromatic nitrogens is 2. The molecule has 2 aromatic carbocycles. The fourth-order valence-corrected chi connectivity index (χ4v) is 3.82. The van der Waals surface area contributed by atoms with E-state index in [1.54, 1.807) is 24.5 Å². The average molecular weight is 375 g/mol. The van der Waals surface area contributed by atoms with E-state index in [2.05, 4.69) is 29.0 Å². The van der Waals surface area contributed by atoms with Crippen LogP contribution in [-0.4, -0.2) is 33.9 Å². The quantitative estimate of drug-likeness (QED) is 0.671. The molecule has 0 bridgehead atoms. The Morgan fingerprint density at radius 1 is 1.11 bits per heavy atom. The van der Waals surface area contributed by atoms with E-state index in [1.165, 1.54) is 17.7 Å². The van der Waals surface area contributed by atoms with Gasteiger partial charge >= 0.3 is 0 Å². The first-order valence-electron chi connectivity index (χ1n) is 9.54. The number of hydrogen-bond donors (Lipinski definition) is 0. The molecule has 1 aromatic heterocycles. The summed E-state index contributed by atoms with van der Waals surface area (Å²) in [5.74, 6) is -0.275.